The molecule has 0 spiro atoms. The Balaban J connectivity index is 1.44. The van der Waals surface area contributed by atoms with Crippen LogP contribution in [-0.2, 0) is 6.54 Å². The fourth-order valence-electron chi connectivity index (χ4n) is 5.49. The van der Waals surface area contributed by atoms with Crippen LogP contribution in [-0.4, -0.2) is 20.8 Å². The molecule has 5 rings (SSSR count). The van der Waals surface area contributed by atoms with Crippen LogP contribution < -0.4 is 18.9 Å². The normalized spacial score (nSPS) is 19.0. The largest absolute Gasteiger partial charge is 0.493 e. The number of thiazole rings is 1. The number of para-hydroxylation sites is 1. The SMILES string of the molecule is CCN1C(=CC2=CC(=CC=Cc3sc4ccccc4[n+]3CC)CC(C)(C)C2)Sc2cc(OC)c(OC)cc21. The number of benzene rings is 2. The Labute approximate surface area is 235 Å². The number of aromatic nitrogens is 1. The van der Waals surface area contributed by atoms with Crippen LogP contribution in [0.3, 0.4) is 0 Å². The number of hydrogen-bond donors (Lipinski definition) is 0. The number of allylic oxidation sites excluding steroid dienone is 6. The summed E-state index contributed by atoms with van der Waals surface area (Å²) in [5.41, 5.74) is 5.45. The van der Waals surface area contributed by atoms with Crippen LogP contribution in [0.1, 0.15) is 45.5 Å². The van der Waals surface area contributed by atoms with E-state index >= 15 is 0 Å². The van der Waals surface area contributed by atoms with Crippen molar-refractivity contribution in [1.29, 1.82) is 0 Å². The lowest BCUT2D eigenvalue weighted by molar-refractivity contribution is -0.665. The number of fused-ring (bicyclic) bond motifs is 2. The van der Waals surface area contributed by atoms with Crippen molar-refractivity contribution in [1.82, 2.24) is 0 Å². The quantitative estimate of drug-likeness (QED) is 0.279. The van der Waals surface area contributed by atoms with Crippen molar-refractivity contribution in [2.45, 2.75) is 52.0 Å². The molecule has 0 unspecified atom stereocenters. The second-order valence-electron chi connectivity index (χ2n) is 10.5. The maximum absolute atomic E-state index is 5.58. The van der Waals surface area contributed by atoms with E-state index in [1.165, 1.54) is 42.0 Å². The Morgan fingerprint density at radius 1 is 1.05 bits per heavy atom. The molecule has 0 atom stereocenters. The van der Waals surface area contributed by atoms with Gasteiger partial charge < -0.3 is 14.4 Å². The van der Waals surface area contributed by atoms with E-state index in [-0.39, 0.29) is 5.41 Å². The van der Waals surface area contributed by atoms with Gasteiger partial charge in [0, 0.05) is 35.7 Å². The summed E-state index contributed by atoms with van der Waals surface area (Å²) >= 11 is 3.66. The zero-order valence-electron chi connectivity index (χ0n) is 23.2. The number of anilines is 1. The average Bonchev–Trinajstić information content (AvgIpc) is 3.42. The molecule has 0 saturated carbocycles. The first-order valence-corrected chi connectivity index (χ1v) is 14.9. The van der Waals surface area contributed by atoms with Crippen molar-refractivity contribution in [3.8, 4) is 11.5 Å². The van der Waals surface area contributed by atoms with Crippen LogP contribution in [0.25, 0.3) is 16.3 Å². The minimum Gasteiger partial charge on any atom is -0.493 e. The third kappa shape index (κ3) is 5.29. The predicted octanol–water partition coefficient (Wildman–Crippen LogP) is 8.39. The number of aryl methyl sites for hydroxylation is 1. The standard InChI is InChI=1S/C32H37N2O2S2/c1-7-33-24-13-9-10-14-28(24)37-30(33)15-11-12-22-16-23(21-32(3,4)20-22)17-31-34(8-2)25-18-26(35-5)27(36-6)19-29(25)38-31/h9-19H,7-8,20-21H2,1-6H3/q+1. The highest BCUT2D eigenvalue weighted by Gasteiger charge is 2.29. The average molecular weight is 546 g/mol. The fraction of sp³-hybridized carbons (Fsp3) is 0.344. The molecular formula is C32H37N2O2S2+. The van der Waals surface area contributed by atoms with Gasteiger partial charge in [-0.1, -0.05) is 67.3 Å². The van der Waals surface area contributed by atoms with Crippen LogP contribution in [0, 0.1) is 5.41 Å². The topological polar surface area (TPSA) is 25.6 Å². The molecule has 1 aliphatic heterocycles. The Kier molecular flexibility index (Phi) is 7.73. The van der Waals surface area contributed by atoms with Gasteiger partial charge in [-0.05, 0) is 55.4 Å². The van der Waals surface area contributed by atoms with Crippen molar-refractivity contribution in [3.63, 3.8) is 0 Å². The second kappa shape index (κ2) is 11.0. The fourth-order valence-corrected chi connectivity index (χ4v) is 7.84. The van der Waals surface area contributed by atoms with Gasteiger partial charge in [-0.15, -0.1) is 0 Å². The lowest BCUT2D eigenvalue weighted by Gasteiger charge is -2.31. The molecular weight excluding hydrogens is 508 g/mol. The maximum Gasteiger partial charge on any atom is 0.262 e. The minimum absolute atomic E-state index is 0.210. The molecule has 0 bridgehead atoms. The lowest BCUT2D eigenvalue weighted by Crippen LogP contribution is -2.33. The van der Waals surface area contributed by atoms with E-state index in [0.717, 1.165) is 37.4 Å². The first-order valence-electron chi connectivity index (χ1n) is 13.3. The molecule has 0 N–H and O–H groups in total. The molecule has 2 aliphatic rings. The third-order valence-electron chi connectivity index (χ3n) is 7.10. The van der Waals surface area contributed by atoms with Crippen molar-refractivity contribution >= 4 is 45.1 Å². The molecule has 2 aromatic carbocycles. The Hall–Kier alpha value is -2.96. The Bertz CT molecular complexity index is 1480. The molecule has 1 aromatic heterocycles. The number of hydrogen-bond acceptors (Lipinski definition) is 5. The van der Waals surface area contributed by atoms with Gasteiger partial charge in [0.15, 0.2) is 11.5 Å². The molecule has 2 heterocycles. The first kappa shape index (κ1) is 26.6. The maximum atomic E-state index is 5.58. The summed E-state index contributed by atoms with van der Waals surface area (Å²) in [4.78, 5) is 3.58. The summed E-state index contributed by atoms with van der Waals surface area (Å²) in [7, 11) is 3.39. The first-order chi connectivity index (χ1) is 18.4. The minimum atomic E-state index is 0.210. The third-order valence-corrected chi connectivity index (χ3v) is 9.32. The van der Waals surface area contributed by atoms with Gasteiger partial charge in [-0.25, -0.2) is 0 Å². The van der Waals surface area contributed by atoms with Gasteiger partial charge in [0.2, 0.25) is 5.52 Å². The summed E-state index contributed by atoms with van der Waals surface area (Å²) < 4.78 is 14.9. The lowest BCUT2D eigenvalue weighted by atomic mass is 9.75. The van der Waals surface area contributed by atoms with E-state index in [2.05, 4.69) is 104 Å². The summed E-state index contributed by atoms with van der Waals surface area (Å²) in [6.45, 7) is 11.0. The van der Waals surface area contributed by atoms with E-state index in [4.69, 9.17) is 9.47 Å². The molecule has 3 aromatic rings. The monoisotopic (exact) mass is 545 g/mol. The van der Waals surface area contributed by atoms with Crippen molar-refractivity contribution in [2.24, 2.45) is 5.41 Å². The molecule has 198 valence electrons. The molecule has 0 fully saturated rings. The number of nitrogens with zero attached hydrogens (tertiary/aromatic N) is 2. The van der Waals surface area contributed by atoms with Gasteiger partial charge in [-0.2, -0.15) is 4.57 Å². The number of ether oxygens (including phenoxy) is 2. The van der Waals surface area contributed by atoms with Crippen LogP contribution in [0.15, 0.2) is 81.8 Å². The van der Waals surface area contributed by atoms with Crippen molar-refractivity contribution in [2.75, 3.05) is 25.7 Å². The smallest absolute Gasteiger partial charge is 0.262 e. The molecule has 1 aliphatic carbocycles. The highest BCUT2D eigenvalue weighted by molar-refractivity contribution is 8.03. The molecule has 4 nitrogen and oxygen atoms in total. The highest BCUT2D eigenvalue weighted by Crippen LogP contribution is 2.51. The van der Waals surface area contributed by atoms with Crippen LogP contribution in [0.5, 0.6) is 11.5 Å². The van der Waals surface area contributed by atoms with Gasteiger partial charge in [0.05, 0.1) is 24.9 Å². The van der Waals surface area contributed by atoms with E-state index < -0.39 is 0 Å². The summed E-state index contributed by atoms with van der Waals surface area (Å²) in [6, 6.07) is 12.8. The predicted molar refractivity (Wildman–Crippen MR) is 162 cm³/mol. The van der Waals surface area contributed by atoms with E-state index in [0.29, 0.717) is 0 Å². The Morgan fingerprint density at radius 2 is 1.82 bits per heavy atom. The van der Waals surface area contributed by atoms with Crippen LogP contribution in [0.4, 0.5) is 5.69 Å². The van der Waals surface area contributed by atoms with Crippen LogP contribution in [0.2, 0.25) is 0 Å². The molecule has 0 radical (unpaired) electrons. The van der Waals surface area contributed by atoms with E-state index in [1.54, 1.807) is 14.2 Å². The van der Waals surface area contributed by atoms with E-state index in [1.807, 2.05) is 23.1 Å². The summed E-state index contributed by atoms with van der Waals surface area (Å²) in [6.07, 6.45) is 13.7. The Morgan fingerprint density at radius 3 is 2.55 bits per heavy atom. The summed E-state index contributed by atoms with van der Waals surface area (Å²) in [5, 5.41) is 2.54. The van der Waals surface area contributed by atoms with Crippen LogP contribution >= 0.6 is 23.1 Å². The molecule has 6 heteroatoms. The van der Waals surface area contributed by atoms with Crippen molar-refractivity contribution < 1.29 is 14.0 Å². The van der Waals surface area contributed by atoms with Gasteiger partial charge in [0.25, 0.3) is 5.01 Å². The zero-order chi connectivity index (χ0) is 26.9. The second-order valence-corrected chi connectivity index (χ2v) is 12.6. The number of thioether (sulfide) groups is 1. The van der Waals surface area contributed by atoms with Gasteiger partial charge >= 0.3 is 0 Å². The van der Waals surface area contributed by atoms with E-state index in [9.17, 15) is 0 Å². The molecule has 38 heavy (non-hydrogen) atoms. The van der Waals surface area contributed by atoms with Crippen molar-refractivity contribution in [3.05, 3.63) is 81.9 Å². The highest BCUT2D eigenvalue weighted by atomic mass is 32.2. The number of rotatable bonds is 7. The zero-order valence-corrected chi connectivity index (χ0v) is 24.8. The molecule has 0 amide bonds. The van der Waals surface area contributed by atoms with Gasteiger partial charge in [0.1, 0.15) is 11.2 Å². The van der Waals surface area contributed by atoms with Gasteiger partial charge in [-0.3, -0.25) is 0 Å². The molecule has 0 saturated heterocycles. The number of methoxy groups -OCH3 is 2. The summed E-state index contributed by atoms with van der Waals surface area (Å²) in [5.74, 6) is 1.54.